The third kappa shape index (κ3) is 3.99. The van der Waals surface area contributed by atoms with E-state index in [2.05, 4.69) is 5.32 Å². The number of alkyl halides is 3. The van der Waals surface area contributed by atoms with Crippen molar-refractivity contribution in [2.24, 2.45) is 5.73 Å². The Morgan fingerprint density at radius 1 is 1.35 bits per heavy atom. The van der Waals surface area contributed by atoms with Gasteiger partial charge in [-0.1, -0.05) is 11.6 Å². The smallest absolute Gasteiger partial charge is 0.368 e. The minimum absolute atomic E-state index is 0.0212. The molecule has 5 nitrogen and oxygen atoms in total. The fourth-order valence-electron chi connectivity index (χ4n) is 3.00. The topological polar surface area (TPSA) is 75.4 Å². The van der Waals surface area contributed by atoms with E-state index in [1.165, 1.54) is 6.08 Å². The zero-order valence-electron chi connectivity index (χ0n) is 13.4. The summed E-state index contributed by atoms with van der Waals surface area (Å²) < 4.78 is 39.6. The second kappa shape index (κ2) is 7.13. The molecular weight excluding hydrogens is 391 g/mol. The number of carbonyl (C=O) groups excluding carboxylic acids is 2. The molecule has 0 unspecified atom stereocenters. The summed E-state index contributed by atoms with van der Waals surface area (Å²) in [5, 5.41) is 1.44. The van der Waals surface area contributed by atoms with Gasteiger partial charge in [-0.15, -0.1) is 0 Å². The van der Waals surface area contributed by atoms with Gasteiger partial charge in [-0.25, -0.2) is 0 Å². The molecule has 26 heavy (non-hydrogen) atoms. The monoisotopic (exact) mass is 405 g/mol. The number of imide groups is 1. The summed E-state index contributed by atoms with van der Waals surface area (Å²) in [5.41, 5.74) is 5.57. The molecule has 1 aromatic carbocycles. The highest BCUT2D eigenvalue weighted by Crippen LogP contribution is 2.40. The van der Waals surface area contributed by atoms with E-state index in [9.17, 15) is 22.8 Å². The molecule has 2 aliphatic rings. The SMILES string of the molecule is N[C@H]1CCCN(c2c(Cl)cc(C(F)(F)F)cc2/C=C2/SC(=O)NC2=O)C1. The van der Waals surface area contributed by atoms with Crippen LogP contribution in [0.25, 0.3) is 6.08 Å². The molecular formula is C16H15ClF3N3O2S. The van der Waals surface area contributed by atoms with Crippen LogP contribution in [0.15, 0.2) is 17.0 Å². The number of hydrogen-bond acceptors (Lipinski definition) is 5. The van der Waals surface area contributed by atoms with Crippen LogP contribution in [0.2, 0.25) is 5.02 Å². The average Bonchev–Trinajstić information content (AvgIpc) is 2.83. The highest BCUT2D eigenvalue weighted by Gasteiger charge is 2.34. The van der Waals surface area contributed by atoms with Crippen molar-refractivity contribution in [2.45, 2.75) is 25.1 Å². The van der Waals surface area contributed by atoms with Crippen LogP contribution < -0.4 is 16.0 Å². The van der Waals surface area contributed by atoms with Crippen LogP contribution >= 0.6 is 23.4 Å². The number of hydrogen-bond donors (Lipinski definition) is 2. The van der Waals surface area contributed by atoms with E-state index in [0.29, 0.717) is 30.5 Å². The minimum atomic E-state index is -4.59. The molecule has 1 aromatic rings. The van der Waals surface area contributed by atoms with Crippen molar-refractivity contribution in [3.05, 3.63) is 33.2 Å². The Labute approximate surface area is 156 Å². The van der Waals surface area contributed by atoms with E-state index in [-0.39, 0.29) is 21.5 Å². The number of anilines is 1. The minimum Gasteiger partial charge on any atom is -0.368 e. The molecule has 2 saturated heterocycles. The summed E-state index contributed by atoms with van der Waals surface area (Å²) in [4.78, 5) is 25.0. The molecule has 0 aliphatic carbocycles. The molecule has 1 atom stereocenters. The molecule has 3 rings (SSSR count). The number of carbonyl (C=O) groups is 2. The van der Waals surface area contributed by atoms with Crippen LogP contribution in [0.4, 0.5) is 23.7 Å². The molecule has 0 aromatic heterocycles. The normalized spacial score (nSPS) is 22.9. The van der Waals surface area contributed by atoms with Crippen molar-refractivity contribution >= 4 is 46.3 Å². The quantitative estimate of drug-likeness (QED) is 0.735. The second-order valence-corrected chi connectivity index (χ2v) is 7.52. The number of halogens is 4. The predicted octanol–water partition coefficient (Wildman–Crippen LogP) is 3.61. The van der Waals surface area contributed by atoms with Gasteiger partial charge in [0.05, 0.1) is 21.2 Å². The van der Waals surface area contributed by atoms with Gasteiger partial charge in [0.2, 0.25) is 0 Å². The van der Waals surface area contributed by atoms with Crippen LogP contribution in [0.3, 0.4) is 0 Å². The Bertz CT molecular complexity index is 798. The maximum atomic E-state index is 13.2. The number of nitrogens with zero attached hydrogens (tertiary/aromatic N) is 1. The zero-order valence-corrected chi connectivity index (χ0v) is 15.0. The van der Waals surface area contributed by atoms with Gasteiger partial charge in [0, 0.05) is 24.7 Å². The number of benzene rings is 1. The van der Waals surface area contributed by atoms with Crippen molar-refractivity contribution < 1.29 is 22.8 Å². The molecule has 3 N–H and O–H groups in total. The summed E-state index contributed by atoms with van der Waals surface area (Å²) in [5.74, 6) is -0.644. The molecule has 2 aliphatic heterocycles. The lowest BCUT2D eigenvalue weighted by molar-refractivity contribution is -0.137. The van der Waals surface area contributed by atoms with Gasteiger partial charge in [0.1, 0.15) is 0 Å². The molecule has 0 saturated carbocycles. The summed E-state index contributed by atoms with van der Waals surface area (Å²) >= 11 is 6.82. The molecule has 0 radical (unpaired) electrons. The Balaban J connectivity index is 2.12. The highest BCUT2D eigenvalue weighted by atomic mass is 35.5. The van der Waals surface area contributed by atoms with Crippen LogP contribution in [-0.2, 0) is 11.0 Å². The lowest BCUT2D eigenvalue weighted by Gasteiger charge is -2.34. The van der Waals surface area contributed by atoms with E-state index in [4.69, 9.17) is 17.3 Å². The number of nitrogens with one attached hydrogen (secondary N) is 1. The summed E-state index contributed by atoms with van der Waals surface area (Å²) in [6.07, 6.45) is -1.73. The third-order valence-corrected chi connectivity index (χ3v) is 5.22. The Hall–Kier alpha value is -1.71. The Kier molecular flexibility index (Phi) is 5.23. The van der Waals surface area contributed by atoms with Crippen molar-refractivity contribution in [3.63, 3.8) is 0 Å². The summed E-state index contributed by atoms with van der Waals surface area (Å²) in [6.45, 7) is 1.03. The van der Waals surface area contributed by atoms with E-state index < -0.39 is 22.9 Å². The molecule has 140 valence electrons. The van der Waals surface area contributed by atoms with Crippen LogP contribution in [0, 0.1) is 0 Å². The molecule has 0 bridgehead atoms. The van der Waals surface area contributed by atoms with Crippen LogP contribution in [-0.4, -0.2) is 30.3 Å². The average molecular weight is 406 g/mol. The van der Waals surface area contributed by atoms with Gasteiger partial charge in [-0.05, 0) is 42.8 Å². The van der Waals surface area contributed by atoms with Gasteiger partial charge in [-0.2, -0.15) is 13.2 Å². The third-order valence-electron chi connectivity index (χ3n) is 4.12. The molecule has 2 amide bonds. The van der Waals surface area contributed by atoms with Gasteiger partial charge in [0.15, 0.2) is 0 Å². The Morgan fingerprint density at radius 3 is 2.65 bits per heavy atom. The van der Waals surface area contributed by atoms with E-state index in [0.717, 1.165) is 25.0 Å². The molecule has 10 heteroatoms. The fourth-order valence-corrected chi connectivity index (χ4v) is 4.02. The number of thioether (sulfide) groups is 1. The standard InChI is InChI=1S/C16H15ClF3N3O2S/c17-11-6-9(16(18,19)20)4-8(5-12-14(24)22-15(25)26-12)13(11)23-3-1-2-10(21)7-23/h4-6,10H,1-3,7,21H2,(H,22,24,25)/b12-5+/t10-/m0/s1. The van der Waals surface area contributed by atoms with E-state index >= 15 is 0 Å². The van der Waals surface area contributed by atoms with Gasteiger partial charge < -0.3 is 10.6 Å². The number of piperidine rings is 1. The molecule has 2 fully saturated rings. The van der Waals surface area contributed by atoms with Crippen LogP contribution in [0.1, 0.15) is 24.0 Å². The molecule has 2 heterocycles. The van der Waals surface area contributed by atoms with Gasteiger partial charge >= 0.3 is 6.18 Å². The first-order valence-electron chi connectivity index (χ1n) is 7.81. The lowest BCUT2D eigenvalue weighted by Crippen LogP contribution is -2.43. The van der Waals surface area contributed by atoms with Gasteiger partial charge in [-0.3, -0.25) is 14.9 Å². The largest absolute Gasteiger partial charge is 0.416 e. The maximum absolute atomic E-state index is 13.2. The van der Waals surface area contributed by atoms with Crippen molar-refractivity contribution in [1.82, 2.24) is 5.32 Å². The second-order valence-electron chi connectivity index (χ2n) is 6.09. The van der Waals surface area contributed by atoms with E-state index in [1.807, 2.05) is 4.90 Å². The number of amides is 2. The highest BCUT2D eigenvalue weighted by molar-refractivity contribution is 8.18. The molecule has 0 spiro atoms. The first kappa shape index (κ1) is 19.1. The van der Waals surface area contributed by atoms with Crippen LogP contribution in [0.5, 0.6) is 0 Å². The lowest BCUT2D eigenvalue weighted by atomic mass is 10.0. The van der Waals surface area contributed by atoms with Crippen molar-refractivity contribution in [3.8, 4) is 0 Å². The summed E-state index contributed by atoms with van der Waals surface area (Å²) in [7, 11) is 0. The van der Waals surface area contributed by atoms with E-state index in [1.54, 1.807) is 0 Å². The van der Waals surface area contributed by atoms with Crippen molar-refractivity contribution in [2.75, 3.05) is 18.0 Å². The Morgan fingerprint density at radius 2 is 2.08 bits per heavy atom. The van der Waals surface area contributed by atoms with Gasteiger partial charge in [0.25, 0.3) is 11.1 Å². The number of nitrogens with two attached hydrogens (primary N) is 1. The first-order chi connectivity index (χ1) is 12.1. The van der Waals surface area contributed by atoms with Crippen molar-refractivity contribution in [1.29, 1.82) is 0 Å². The first-order valence-corrected chi connectivity index (χ1v) is 9.00. The fraction of sp³-hybridized carbons (Fsp3) is 0.375. The summed E-state index contributed by atoms with van der Waals surface area (Å²) in [6, 6.07) is 1.69. The zero-order chi connectivity index (χ0) is 19.1. The maximum Gasteiger partial charge on any atom is 0.416 e. The predicted molar refractivity (Wildman–Crippen MR) is 95.0 cm³/mol. The number of rotatable bonds is 2.